The Labute approximate surface area is 164 Å². The van der Waals surface area contributed by atoms with E-state index in [-0.39, 0.29) is 0 Å². The second kappa shape index (κ2) is 8.12. The lowest BCUT2D eigenvalue weighted by molar-refractivity contribution is 0.0981. The lowest BCUT2D eigenvalue weighted by Gasteiger charge is -2.34. The third-order valence-corrected chi connectivity index (χ3v) is 5.51. The summed E-state index contributed by atoms with van der Waals surface area (Å²) in [5.41, 5.74) is 2.41. The predicted molar refractivity (Wildman–Crippen MR) is 109 cm³/mol. The molecule has 140 valence electrons. The molecule has 0 saturated carbocycles. The van der Waals surface area contributed by atoms with Crippen LogP contribution in [0.3, 0.4) is 0 Å². The highest BCUT2D eigenvalue weighted by atomic mass is 32.1. The van der Waals surface area contributed by atoms with Gasteiger partial charge in [-0.05, 0) is 29.9 Å². The first-order valence-corrected chi connectivity index (χ1v) is 9.64. The van der Waals surface area contributed by atoms with E-state index in [2.05, 4.69) is 45.1 Å². The number of hydrogen-bond acceptors (Lipinski definition) is 5. The quantitative estimate of drug-likeness (QED) is 0.637. The van der Waals surface area contributed by atoms with Crippen molar-refractivity contribution in [1.82, 2.24) is 29.1 Å². The van der Waals surface area contributed by atoms with Crippen LogP contribution in [0.15, 0.2) is 54.9 Å². The lowest BCUT2D eigenvalue weighted by atomic mass is 10.2. The summed E-state index contributed by atoms with van der Waals surface area (Å²) in [6.45, 7) is 5.92. The monoisotopic (exact) mass is 380 g/mol. The molecule has 0 unspecified atom stereocenters. The van der Waals surface area contributed by atoms with E-state index in [1.807, 2.05) is 28.4 Å². The fourth-order valence-electron chi connectivity index (χ4n) is 3.45. The largest absolute Gasteiger partial charge is 0.303 e. The molecule has 3 aromatic rings. The minimum Gasteiger partial charge on any atom is -0.303 e. The molecule has 0 bridgehead atoms. The Morgan fingerprint density at radius 3 is 2.30 bits per heavy atom. The van der Waals surface area contributed by atoms with Gasteiger partial charge in [-0.1, -0.05) is 30.3 Å². The number of aromatic nitrogens is 4. The van der Waals surface area contributed by atoms with Crippen molar-refractivity contribution in [3.05, 3.63) is 65.2 Å². The summed E-state index contributed by atoms with van der Waals surface area (Å²) in [6, 6.07) is 14.6. The third kappa shape index (κ3) is 4.16. The SMILES string of the molecule is Cn1c(-c2ccncc2)nn(CN2CCN(Cc3ccccc3)CC2)c1=S. The van der Waals surface area contributed by atoms with Gasteiger partial charge in [0.25, 0.3) is 0 Å². The van der Waals surface area contributed by atoms with Crippen LogP contribution in [0.2, 0.25) is 0 Å². The van der Waals surface area contributed by atoms with Crippen molar-refractivity contribution in [2.24, 2.45) is 7.05 Å². The second-order valence-electron chi connectivity index (χ2n) is 6.92. The van der Waals surface area contributed by atoms with Crippen LogP contribution in [0.1, 0.15) is 5.56 Å². The van der Waals surface area contributed by atoms with E-state index in [9.17, 15) is 0 Å². The zero-order valence-electron chi connectivity index (χ0n) is 15.5. The molecule has 0 N–H and O–H groups in total. The average Bonchev–Trinajstić information content (AvgIpc) is 2.99. The average molecular weight is 381 g/mol. The van der Waals surface area contributed by atoms with Gasteiger partial charge < -0.3 is 4.57 Å². The molecule has 3 heterocycles. The van der Waals surface area contributed by atoms with Crippen LogP contribution >= 0.6 is 12.2 Å². The van der Waals surface area contributed by atoms with Crippen LogP contribution in [0.4, 0.5) is 0 Å². The van der Waals surface area contributed by atoms with Crippen LogP contribution in [-0.4, -0.2) is 55.3 Å². The summed E-state index contributed by atoms with van der Waals surface area (Å²) in [4.78, 5) is 9.00. The minimum absolute atomic E-state index is 0.733. The van der Waals surface area contributed by atoms with Gasteiger partial charge >= 0.3 is 0 Å². The highest BCUT2D eigenvalue weighted by Crippen LogP contribution is 2.16. The van der Waals surface area contributed by atoms with Crippen molar-refractivity contribution in [3.63, 3.8) is 0 Å². The third-order valence-electron chi connectivity index (χ3n) is 5.03. The Kier molecular flexibility index (Phi) is 5.42. The van der Waals surface area contributed by atoms with E-state index in [1.54, 1.807) is 12.4 Å². The minimum atomic E-state index is 0.733. The molecule has 7 heteroatoms. The smallest absolute Gasteiger partial charge is 0.199 e. The van der Waals surface area contributed by atoms with Crippen molar-refractivity contribution in [2.45, 2.75) is 13.2 Å². The molecule has 1 aliphatic heterocycles. The van der Waals surface area contributed by atoms with E-state index in [0.29, 0.717) is 0 Å². The fraction of sp³-hybridized carbons (Fsp3) is 0.350. The van der Waals surface area contributed by atoms with Gasteiger partial charge in [0.1, 0.15) is 0 Å². The van der Waals surface area contributed by atoms with Gasteiger partial charge in [0, 0.05) is 57.7 Å². The Hall–Kier alpha value is -2.35. The number of pyridine rings is 1. The number of hydrogen-bond donors (Lipinski definition) is 0. The fourth-order valence-corrected chi connectivity index (χ4v) is 3.64. The molecular formula is C20H24N6S. The van der Waals surface area contributed by atoms with Crippen molar-refractivity contribution in [3.8, 4) is 11.4 Å². The van der Waals surface area contributed by atoms with E-state index in [4.69, 9.17) is 17.3 Å². The first-order valence-electron chi connectivity index (χ1n) is 9.23. The van der Waals surface area contributed by atoms with Crippen molar-refractivity contribution < 1.29 is 0 Å². The zero-order chi connectivity index (χ0) is 18.6. The molecule has 1 fully saturated rings. The Bertz CT molecular complexity index is 926. The van der Waals surface area contributed by atoms with E-state index in [0.717, 1.165) is 55.6 Å². The van der Waals surface area contributed by atoms with Crippen LogP contribution < -0.4 is 0 Å². The molecule has 27 heavy (non-hydrogen) atoms. The lowest BCUT2D eigenvalue weighted by Crippen LogP contribution is -2.46. The van der Waals surface area contributed by atoms with Gasteiger partial charge in [0.2, 0.25) is 0 Å². The summed E-state index contributed by atoms with van der Waals surface area (Å²) >= 11 is 5.60. The van der Waals surface area contributed by atoms with Crippen molar-refractivity contribution >= 4 is 12.2 Å². The Morgan fingerprint density at radius 2 is 1.59 bits per heavy atom. The summed E-state index contributed by atoms with van der Waals surface area (Å²) < 4.78 is 4.64. The molecular weight excluding hydrogens is 356 g/mol. The zero-order valence-corrected chi connectivity index (χ0v) is 16.3. The Balaban J connectivity index is 1.39. The van der Waals surface area contributed by atoms with E-state index in [1.165, 1.54) is 5.56 Å². The van der Waals surface area contributed by atoms with Gasteiger partial charge in [0.05, 0.1) is 6.67 Å². The maximum atomic E-state index is 5.60. The summed E-state index contributed by atoms with van der Waals surface area (Å²) in [5, 5.41) is 4.75. The van der Waals surface area contributed by atoms with E-state index < -0.39 is 0 Å². The first-order chi connectivity index (χ1) is 13.2. The maximum absolute atomic E-state index is 5.60. The van der Waals surface area contributed by atoms with Gasteiger partial charge in [0.15, 0.2) is 10.6 Å². The highest BCUT2D eigenvalue weighted by molar-refractivity contribution is 7.71. The number of rotatable bonds is 5. The van der Waals surface area contributed by atoms with Gasteiger partial charge in [-0.3, -0.25) is 14.8 Å². The number of piperazine rings is 1. The van der Waals surface area contributed by atoms with Crippen molar-refractivity contribution in [2.75, 3.05) is 26.2 Å². The summed E-state index contributed by atoms with van der Waals surface area (Å²) in [6.07, 6.45) is 3.56. The molecule has 0 radical (unpaired) electrons. The molecule has 1 aliphatic rings. The Morgan fingerprint density at radius 1 is 0.926 bits per heavy atom. The molecule has 4 rings (SSSR count). The molecule has 2 aromatic heterocycles. The molecule has 1 aromatic carbocycles. The topological polar surface area (TPSA) is 42.1 Å². The van der Waals surface area contributed by atoms with Crippen LogP contribution in [0.25, 0.3) is 11.4 Å². The van der Waals surface area contributed by atoms with Crippen LogP contribution in [0.5, 0.6) is 0 Å². The number of benzene rings is 1. The first kappa shape index (κ1) is 18.0. The van der Waals surface area contributed by atoms with Gasteiger partial charge in [-0.25, -0.2) is 4.68 Å². The van der Waals surface area contributed by atoms with Crippen LogP contribution in [-0.2, 0) is 20.3 Å². The molecule has 0 atom stereocenters. The second-order valence-corrected chi connectivity index (χ2v) is 7.29. The van der Waals surface area contributed by atoms with Crippen molar-refractivity contribution in [1.29, 1.82) is 0 Å². The summed E-state index contributed by atoms with van der Waals surface area (Å²) in [5.74, 6) is 0.880. The normalized spacial score (nSPS) is 15.9. The maximum Gasteiger partial charge on any atom is 0.199 e. The standard InChI is InChI=1S/C20H24N6S/c1-23-19(18-7-9-21-10-8-18)22-26(20(23)27)16-25-13-11-24(12-14-25)15-17-5-3-2-4-6-17/h2-10H,11-16H2,1H3. The number of nitrogens with zero attached hydrogens (tertiary/aromatic N) is 6. The summed E-state index contributed by atoms with van der Waals surface area (Å²) in [7, 11) is 1.97. The molecule has 0 spiro atoms. The highest BCUT2D eigenvalue weighted by Gasteiger charge is 2.19. The molecule has 0 amide bonds. The van der Waals surface area contributed by atoms with Gasteiger partial charge in [-0.2, -0.15) is 5.10 Å². The molecule has 1 saturated heterocycles. The van der Waals surface area contributed by atoms with Gasteiger partial charge in [-0.15, -0.1) is 0 Å². The molecule has 0 aliphatic carbocycles. The van der Waals surface area contributed by atoms with Crippen LogP contribution in [0, 0.1) is 4.77 Å². The molecule has 6 nitrogen and oxygen atoms in total. The predicted octanol–water partition coefficient (Wildman–Crippen LogP) is 2.79. The van der Waals surface area contributed by atoms with E-state index >= 15 is 0 Å².